The summed E-state index contributed by atoms with van der Waals surface area (Å²) in [5.74, 6) is 0.464. The molecule has 1 fully saturated rings. The number of nitrogens with one attached hydrogen (secondary N) is 1. The van der Waals surface area contributed by atoms with Gasteiger partial charge < -0.3 is 5.32 Å². The third-order valence-corrected chi connectivity index (χ3v) is 4.03. The highest BCUT2D eigenvalue weighted by atomic mass is 19.1. The third-order valence-electron chi connectivity index (χ3n) is 4.03. The van der Waals surface area contributed by atoms with Crippen LogP contribution < -0.4 is 5.32 Å². The zero-order valence-corrected chi connectivity index (χ0v) is 11.5. The van der Waals surface area contributed by atoms with E-state index in [-0.39, 0.29) is 17.9 Å². The molecular formula is C15H19FN4. The Morgan fingerprint density at radius 2 is 2.25 bits per heavy atom. The second-order valence-corrected chi connectivity index (χ2v) is 5.62. The van der Waals surface area contributed by atoms with Crippen molar-refractivity contribution >= 4 is 5.69 Å². The minimum Gasteiger partial charge on any atom is -0.380 e. The Labute approximate surface area is 118 Å². The van der Waals surface area contributed by atoms with Crippen LogP contribution in [0.25, 0.3) is 0 Å². The second-order valence-electron chi connectivity index (χ2n) is 5.62. The van der Waals surface area contributed by atoms with Gasteiger partial charge in [0.15, 0.2) is 0 Å². The van der Waals surface area contributed by atoms with Gasteiger partial charge in [0.2, 0.25) is 0 Å². The number of hydrogen-bond donors (Lipinski definition) is 1. The Morgan fingerprint density at radius 3 is 3.00 bits per heavy atom. The summed E-state index contributed by atoms with van der Waals surface area (Å²) in [6.45, 7) is 2.27. The van der Waals surface area contributed by atoms with E-state index in [1.54, 1.807) is 18.7 Å². The fourth-order valence-corrected chi connectivity index (χ4v) is 2.99. The fraction of sp³-hybridized carbons (Fsp3) is 0.467. The Hall–Kier alpha value is -1.91. The molecule has 4 nitrogen and oxygen atoms in total. The smallest absolute Gasteiger partial charge is 0.137 e. The van der Waals surface area contributed by atoms with Crippen molar-refractivity contribution in [1.82, 2.24) is 14.8 Å². The van der Waals surface area contributed by atoms with Gasteiger partial charge >= 0.3 is 0 Å². The summed E-state index contributed by atoms with van der Waals surface area (Å²) < 4.78 is 15.2. The maximum atomic E-state index is 13.3. The van der Waals surface area contributed by atoms with Crippen molar-refractivity contribution in [2.45, 2.75) is 38.3 Å². The van der Waals surface area contributed by atoms with Crippen LogP contribution in [0.5, 0.6) is 0 Å². The molecule has 1 N–H and O–H groups in total. The molecule has 3 rings (SSSR count). The number of halogens is 1. The summed E-state index contributed by atoms with van der Waals surface area (Å²) >= 11 is 0. The third kappa shape index (κ3) is 2.81. The first kappa shape index (κ1) is 13.1. The molecule has 1 aliphatic carbocycles. The van der Waals surface area contributed by atoms with E-state index >= 15 is 0 Å². The highest BCUT2D eigenvalue weighted by Crippen LogP contribution is 2.33. The van der Waals surface area contributed by atoms with Crippen LogP contribution in [0.15, 0.2) is 36.9 Å². The summed E-state index contributed by atoms with van der Waals surface area (Å²) in [6, 6.07) is 7.16. The van der Waals surface area contributed by atoms with Crippen molar-refractivity contribution in [3.8, 4) is 0 Å². The predicted molar refractivity (Wildman–Crippen MR) is 75.9 cm³/mol. The van der Waals surface area contributed by atoms with Gasteiger partial charge in [-0.2, -0.15) is 5.10 Å². The maximum absolute atomic E-state index is 13.3. The van der Waals surface area contributed by atoms with Gasteiger partial charge in [-0.05, 0) is 43.4 Å². The number of aromatic nitrogens is 3. The van der Waals surface area contributed by atoms with Crippen LogP contribution in [-0.4, -0.2) is 20.8 Å². The molecule has 0 bridgehead atoms. The van der Waals surface area contributed by atoms with Gasteiger partial charge in [0.1, 0.15) is 18.5 Å². The number of nitrogens with zero attached hydrogens (tertiary/aromatic N) is 3. The van der Waals surface area contributed by atoms with E-state index in [0.29, 0.717) is 5.92 Å². The molecular weight excluding hydrogens is 255 g/mol. The molecule has 1 heterocycles. The molecule has 1 aromatic heterocycles. The van der Waals surface area contributed by atoms with Gasteiger partial charge in [-0.25, -0.2) is 14.1 Å². The number of rotatable bonds is 3. The summed E-state index contributed by atoms with van der Waals surface area (Å²) in [5.41, 5.74) is 0.828. The van der Waals surface area contributed by atoms with E-state index in [1.807, 2.05) is 10.7 Å². The summed E-state index contributed by atoms with van der Waals surface area (Å²) in [7, 11) is 0. The van der Waals surface area contributed by atoms with Crippen molar-refractivity contribution in [3.05, 3.63) is 42.7 Å². The van der Waals surface area contributed by atoms with Crippen molar-refractivity contribution in [1.29, 1.82) is 0 Å². The number of hydrogen-bond acceptors (Lipinski definition) is 3. The van der Waals surface area contributed by atoms with Gasteiger partial charge in [0.05, 0.1) is 6.04 Å². The van der Waals surface area contributed by atoms with E-state index in [4.69, 9.17) is 0 Å². The standard InChI is InChI=1S/C15H19FN4/c1-11-5-6-14(15(7-11)20-10-17-9-18-20)19-13-4-2-3-12(16)8-13/h2-4,8-11,14-15,19H,5-7H2,1H3. The number of benzene rings is 1. The van der Waals surface area contributed by atoms with Crippen LogP contribution in [0.1, 0.15) is 32.2 Å². The van der Waals surface area contributed by atoms with Crippen molar-refractivity contribution in [3.63, 3.8) is 0 Å². The fourth-order valence-electron chi connectivity index (χ4n) is 2.99. The lowest BCUT2D eigenvalue weighted by Crippen LogP contribution is -2.36. The summed E-state index contributed by atoms with van der Waals surface area (Å²) in [4.78, 5) is 4.04. The van der Waals surface area contributed by atoms with Gasteiger partial charge in [0, 0.05) is 11.7 Å². The van der Waals surface area contributed by atoms with Crippen molar-refractivity contribution in [2.75, 3.05) is 5.32 Å². The minimum atomic E-state index is -0.212. The van der Waals surface area contributed by atoms with Gasteiger partial charge in [-0.1, -0.05) is 13.0 Å². The molecule has 3 atom stereocenters. The molecule has 0 amide bonds. The van der Waals surface area contributed by atoms with Crippen LogP contribution in [0.4, 0.5) is 10.1 Å². The SMILES string of the molecule is CC1CCC(Nc2cccc(F)c2)C(n2cncn2)C1. The monoisotopic (exact) mass is 274 g/mol. The molecule has 1 saturated carbocycles. The Balaban J connectivity index is 1.79. The number of anilines is 1. The lowest BCUT2D eigenvalue weighted by molar-refractivity contribution is 0.244. The largest absolute Gasteiger partial charge is 0.380 e. The lowest BCUT2D eigenvalue weighted by Gasteiger charge is -2.35. The normalized spacial score (nSPS) is 26.4. The zero-order valence-electron chi connectivity index (χ0n) is 11.5. The average Bonchev–Trinajstić information content (AvgIpc) is 2.95. The van der Waals surface area contributed by atoms with Gasteiger partial charge in [-0.15, -0.1) is 0 Å². The van der Waals surface area contributed by atoms with Gasteiger partial charge in [-0.3, -0.25) is 0 Å². The zero-order chi connectivity index (χ0) is 13.9. The Kier molecular flexibility index (Phi) is 3.67. The molecule has 20 heavy (non-hydrogen) atoms. The first-order valence-corrected chi connectivity index (χ1v) is 7.08. The predicted octanol–water partition coefficient (Wildman–Crippen LogP) is 3.26. The van der Waals surface area contributed by atoms with Crippen molar-refractivity contribution < 1.29 is 4.39 Å². The molecule has 0 aliphatic heterocycles. The highest BCUT2D eigenvalue weighted by molar-refractivity contribution is 5.44. The van der Waals surface area contributed by atoms with Crippen LogP contribution in [-0.2, 0) is 0 Å². The van der Waals surface area contributed by atoms with Crippen LogP contribution in [0.2, 0.25) is 0 Å². The van der Waals surface area contributed by atoms with E-state index in [0.717, 1.165) is 18.5 Å². The van der Waals surface area contributed by atoms with Crippen LogP contribution in [0.3, 0.4) is 0 Å². The van der Waals surface area contributed by atoms with E-state index in [2.05, 4.69) is 22.3 Å². The molecule has 0 saturated heterocycles. The van der Waals surface area contributed by atoms with E-state index in [1.165, 1.54) is 18.6 Å². The molecule has 1 aromatic carbocycles. The maximum Gasteiger partial charge on any atom is 0.137 e. The molecule has 106 valence electrons. The van der Waals surface area contributed by atoms with E-state index < -0.39 is 0 Å². The van der Waals surface area contributed by atoms with Gasteiger partial charge in [0.25, 0.3) is 0 Å². The average molecular weight is 274 g/mol. The molecule has 2 aromatic rings. The minimum absolute atomic E-state index is 0.212. The van der Waals surface area contributed by atoms with Crippen LogP contribution >= 0.6 is 0 Å². The van der Waals surface area contributed by atoms with Crippen LogP contribution in [0, 0.1) is 11.7 Å². The Bertz CT molecular complexity index is 555. The molecule has 0 spiro atoms. The molecule has 0 radical (unpaired) electrons. The molecule has 3 unspecified atom stereocenters. The lowest BCUT2D eigenvalue weighted by atomic mass is 9.83. The summed E-state index contributed by atoms with van der Waals surface area (Å²) in [6.07, 6.45) is 6.64. The quantitative estimate of drug-likeness (QED) is 0.934. The summed E-state index contributed by atoms with van der Waals surface area (Å²) in [5, 5.41) is 7.73. The Morgan fingerprint density at radius 1 is 1.35 bits per heavy atom. The first-order valence-electron chi connectivity index (χ1n) is 7.08. The second kappa shape index (κ2) is 5.61. The molecule has 1 aliphatic rings. The topological polar surface area (TPSA) is 42.7 Å². The molecule has 5 heteroatoms. The van der Waals surface area contributed by atoms with Crippen molar-refractivity contribution in [2.24, 2.45) is 5.92 Å². The first-order chi connectivity index (χ1) is 9.72. The van der Waals surface area contributed by atoms with E-state index in [9.17, 15) is 4.39 Å². The highest BCUT2D eigenvalue weighted by Gasteiger charge is 2.30.